The van der Waals surface area contributed by atoms with Gasteiger partial charge in [-0.15, -0.1) is 0 Å². The van der Waals surface area contributed by atoms with Crippen LogP contribution < -0.4 is 28.7 Å². The summed E-state index contributed by atoms with van der Waals surface area (Å²) in [5.74, 6) is 0. The van der Waals surface area contributed by atoms with E-state index in [-0.39, 0.29) is 0 Å². The molecule has 0 nitrogen and oxygen atoms in total. The maximum atomic E-state index is 15.5. The molecule has 31 heavy (non-hydrogen) atoms. The predicted octanol–water partition coefficient (Wildman–Crippen LogP) is 3.35. The van der Waals surface area contributed by atoms with Gasteiger partial charge >= 0.3 is 193 Å². The Morgan fingerprint density at radius 1 is 0.452 bits per heavy atom. The molecule has 3 aromatic carbocycles. The SMILES string of the molecule is C[Si](C)(F)c1cccc[c]1[Ge]([c]1ccccc1[Si](C)(C)F)[c]1ccccc1[Si](C)(C)F. The van der Waals surface area contributed by atoms with Crippen LogP contribution in [0.3, 0.4) is 0 Å². The van der Waals surface area contributed by atoms with Crippen LogP contribution in [-0.2, 0) is 0 Å². The van der Waals surface area contributed by atoms with E-state index < -0.39 is 39.6 Å². The molecule has 3 aromatic rings. The Balaban J connectivity index is 2.44. The summed E-state index contributed by atoms with van der Waals surface area (Å²) in [5, 5.41) is 2.27. The molecule has 0 bridgehead atoms. The van der Waals surface area contributed by atoms with E-state index in [9.17, 15) is 0 Å². The van der Waals surface area contributed by atoms with Gasteiger partial charge in [0.2, 0.25) is 0 Å². The Bertz CT molecular complexity index is 930. The Labute approximate surface area is 192 Å². The zero-order chi connectivity index (χ0) is 23.0. The van der Waals surface area contributed by atoms with Gasteiger partial charge in [-0.05, 0) is 0 Å². The van der Waals surface area contributed by atoms with E-state index in [1.54, 1.807) is 39.3 Å². The summed E-state index contributed by atoms with van der Waals surface area (Å²) in [4.78, 5) is 0. The molecule has 163 valence electrons. The molecule has 0 atom stereocenters. The first-order valence-corrected chi connectivity index (χ1v) is 22.3. The average molecular weight is 532 g/mol. The van der Waals surface area contributed by atoms with Crippen LogP contribution in [0.15, 0.2) is 72.8 Å². The summed E-state index contributed by atoms with van der Waals surface area (Å²) in [5.41, 5.74) is 0. The van der Waals surface area contributed by atoms with Crippen molar-refractivity contribution >= 4 is 68.3 Å². The van der Waals surface area contributed by atoms with Gasteiger partial charge in [-0.25, -0.2) is 0 Å². The van der Waals surface area contributed by atoms with E-state index in [0.29, 0.717) is 0 Å². The number of hydrogen-bond donors (Lipinski definition) is 0. The molecule has 0 spiro atoms. The molecule has 0 aliphatic rings. The van der Waals surface area contributed by atoms with Crippen molar-refractivity contribution in [2.45, 2.75) is 39.3 Å². The van der Waals surface area contributed by atoms with Crippen LogP contribution in [-0.4, -0.2) is 39.6 Å². The van der Waals surface area contributed by atoms with Crippen LogP contribution in [0.2, 0.25) is 39.3 Å². The van der Waals surface area contributed by atoms with Gasteiger partial charge < -0.3 is 0 Å². The second-order valence-electron chi connectivity index (χ2n) is 9.43. The van der Waals surface area contributed by atoms with Crippen molar-refractivity contribution in [2.24, 2.45) is 0 Å². The van der Waals surface area contributed by atoms with Crippen molar-refractivity contribution in [3.63, 3.8) is 0 Å². The van der Waals surface area contributed by atoms with Crippen LogP contribution >= 0.6 is 0 Å². The first kappa shape index (κ1) is 24.3. The summed E-state index contributed by atoms with van der Waals surface area (Å²) in [6.45, 7) is 10.2. The molecule has 0 aliphatic carbocycles. The third kappa shape index (κ3) is 5.35. The summed E-state index contributed by atoms with van der Waals surface area (Å²) >= 11 is -2.73. The molecule has 0 fully saturated rings. The van der Waals surface area contributed by atoms with E-state index in [2.05, 4.69) is 0 Å². The van der Waals surface area contributed by atoms with Crippen molar-refractivity contribution in [3.8, 4) is 0 Å². The van der Waals surface area contributed by atoms with E-state index in [4.69, 9.17) is 0 Å². The summed E-state index contributed by atoms with van der Waals surface area (Å²) in [6, 6.07) is 23.1. The van der Waals surface area contributed by atoms with Crippen molar-refractivity contribution in [1.29, 1.82) is 0 Å². The fourth-order valence-corrected chi connectivity index (χ4v) is 21.0. The van der Waals surface area contributed by atoms with Crippen molar-refractivity contribution < 1.29 is 12.3 Å². The van der Waals surface area contributed by atoms with Gasteiger partial charge in [0.15, 0.2) is 0 Å². The van der Waals surface area contributed by atoms with E-state index in [0.717, 1.165) is 28.7 Å². The monoisotopic (exact) mass is 533 g/mol. The van der Waals surface area contributed by atoms with Gasteiger partial charge in [-0.2, -0.15) is 0 Å². The molecule has 0 saturated heterocycles. The zero-order valence-electron chi connectivity index (χ0n) is 19.1. The predicted molar refractivity (Wildman–Crippen MR) is 139 cm³/mol. The molecule has 0 aliphatic heterocycles. The normalized spacial score (nSPS) is 13.0. The number of rotatable bonds is 6. The molecule has 0 N–H and O–H groups in total. The van der Waals surface area contributed by atoms with Gasteiger partial charge in [0.1, 0.15) is 0 Å². The maximum absolute atomic E-state index is 15.5. The van der Waals surface area contributed by atoms with Gasteiger partial charge in [-0.3, -0.25) is 0 Å². The average Bonchev–Trinajstić information content (AvgIpc) is 2.67. The molecule has 0 unspecified atom stereocenters. The minimum atomic E-state index is -3.16. The molecule has 0 aromatic heterocycles. The number of halogens is 3. The molecular weight excluding hydrogens is 502 g/mol. The molecule has 0 heterocycles. The summed E-state index contributed by atoms with van der Waals surface area (Å²) in [7, 11) is -9.47. The minimum absolute atomic E-state index is 0.756. The molecule has 1 radical (unpaired) electrons. The standard InChI is InChI=1S/C24H30F3GeSi3/c1-29(2,25)22-16-10-7-13-19(22)28(20-14-8-11-17-23(20)30(3,4)26)21-15-9-12-18-24(21)31(5,6)27/h7-18H,1-6H3. The van der Waals surface area contributed by atoms with Crippen molar-refractivity contribution in [3.05, 3.63) is 72.8 Å². The second kappa shape index (κ2) is 8.88. The zero-order valence-corrected chi connectivity index (χ0v) is 24.2. The van der Waals surface area contributed by atoms with Gasteiger partial charge in [0.05, 0.1) is 0 Å². The number of hydrogen-bond acceptors (Lipinski definition) is 0. The van der Waals surface area contributed by atoms with Crippen LogP contribution in [0.4, 0.5) is 12.3 Å². The fraction of sp³-hybridized carbons (Fsp3) is 0.250. The van der Waals surface area contributed by atoms with E-state index in [1.807, 2.05) is 72.8 Å². The van der Waals surface area contributed by atoms with Crippen molar-refractivity contribution in [1.82, 2.24) is 0 Å². The summed E-state index contributed by atoms with van der Waals surface area (Å²) < 4.78 is 49.4. The Hall–Kier alpha value is -1.36. The molecule has 0 amide bonds. The fourth-order valence-electron chi connectivity index (χ4n) is 4.09. The Morgan fingerprint density at radius 3 is 0.903 bits per heavy atom. The topological polar surface area (TPSA) is 0 Å². The Kier molecular flexibility index (Phi) is 6.96. The molecule has 0 saturated carbocycles. The van der Waals surface area contributed by atoms with E-state index in [1.165, 1.54) is 0 Å². The molecule has 7 heteroatoms. The third-order valence-corrected chi connectivity index (χ3v) is 18.4. The van der Waals surface area contributed by atoms with Crippen LogP contribution in [0.25, 0.3) is 0 Å². The Morgan fingerprint density at radius 2 is 0.677 bits per heavy atom. The first-order chi connectivity index (χ1) is 14.3. The second-order valence-corrected chi connectivity index (χ2v) is 24.8. The molecular formula is C24H30F3GeSi3. The van der Waals surface area contributed by atoms with Crippen LogP contribution in [0.1, 0.15) is 0 Å². The van der Waals surface area contributed by atoms with Crippen molar-refractivity contribution in [2.75, 3.05) is 0 Å². The first-order valence-electron chi connectivity index (χ1n) is 10.5. The van der Waals surface area contributed by atoms with E-state index >= 15 is 12.3 Å². The third-order valence-electron chi connectivity index (χ3n) is 5.51. The van der Waals surface area contributed by atoms with Gasteiger partial charge in [0.25, 0.3) is 0 Å². The van der Waals surface area contributed by atoms with Gasteiger partial charge in [-0.1, -0.05) is 0 Å². The van der Waals surface area contributed by atoms with Crippen LogP contribution in [0.5, 0.6) is 0 Å². The van der Waals surface area contributed by atoms with Crippen LogP contribution in [0, 0.1) is 0 Å². The number of benzene rings is 3. The van der Waals surface area contributed by atoms with Gasteiger partial charge in [0, 0.05) is 0 Å². The quantitative estimate of drug-likeness (QED) is 0.338. The summed E-state index contributed by atoms with van der Waals surface area (Å²) in [6.07, 6.45) is 0. The molecule has 3 rings (SSSR count).